The van der Waals surface area contributed by atoms with E-state index in [1.165, 1.54) is 6.33 Å². The maximum atomic E-state index is 10.0. The molecule has 0 saturated carbocycles. The van der Waals surface area contributed by atoms with Crippen molar-refractivity contribution in [1.29, 1.82) is 0 Å². The molecule has 0 bridgehead atoms. The molecule has 0 aliphatic rings. The number of aryl methyl sites for hydroxylation is 2. The Balaban J connectivity index is 0.000000179. The molecule has 3 rings (SSSR count). The molecule has 0 aromatic carbocycles. The van der Waals surface area contributed by atoms with Gasteiger partial charge in [0.2, 0.25) is 5.95 Å². The van der Waals surface area contributed by atoms with Gasteiger partial charge in [0.25, 0.3) is 0 Å². The van der Waals surface area contributed by atoms with Crippen molar-refractivity contribution in [2.75, 3.05) is 11.9 Å². The molecule has 0 unspecified atom stereocenters. The zero-order chi connectivity index (χ0) is 17.1. The average Bonchev–Trinajstić information content (AvgIpc) is 3.24. The van der Waals surface area contributed by atoms with E-state index >= 15 is 0 Å². The molecule has 0 aliphatic carbocycles. The normalized spacial score (nSPS) is 8.70. The van der Waals surface area contributed by atoms with Gasteiger partial charge >= 0.3 is 5.76 Å². The molecule has 0 saturated heterocycles. The van der Waals surface area contributed by atoms with E-state index in [1.54, 1.807) is 25.7 Å². The van der Waals surface area contributed by atoms with Gasteiger partial charge in [-0.1, -0.05) is 16.3 Å². The topological polar surface area (TPSA) is 158 Å². The SMILES string of the molecule is CC#CN(C)c1ncn[nH]1.Cc1nn[nH]n1.Cc1noc(=O)[nH]1. The molecule has 0 aliphatic heterocycles. The molecule has 0 spiro atoms. The Bertz CT molecular complexity index is 762. The lowest BCUT2D eigenvalue weighted by atomic mass is 10.7. The second-order valence-electron chi connectivity index (χ2n) is 3.87. The standard InChI is InChI=1S/C6H8N4.C3H4N2O2.C2H4N4/c1-3-4-10(2)6-7-5-8-9-6;1-2-4-3(6)7-5-2;1-2-3-5-6-4-2/h5H,1-2H3,(H,7,8,9);1H3,(H,4,5,6);1H3,(H,3,4,5,6). The minimum absolute atomic E-state index is 0.502. The first-order chi connectivity index (χ1) is 11.0. The number of hydrogen-bond donors (Lipinski definition) is 3. The van der Waals surface area contributed by atoms with Crippen molar-refractivity contribution in [3.05, 3.63) is 28.5 Å². The lowest BCUT2D eigenvalue weighted by Crippen LogP contribution is -2.09. The van der Waals surface area contributed by atoms with Crippen LogP contribution in [0.15, 0.2) is 15.6 Å². The number of aromatic nitrogens is 9. The fourth-order valence-electron chi connectivity index (χ4n) is 1.10. The molecule has 12 nitrogen and oxygen atoms in total. The predicted octanol–water partition coefficient (Wildman–Crippen LogP) is -0.599. The molecule has 0 radical (unpaired) electrons. The van der Waals surface area contributed by atoms with Gasteiger partial charge in [-0.15, -0.1) is 10.2 Å². The number of anilines is 1. The smallest absolute Gasteiger partial charge is 0.296 e. The number of rotatable bonds is 1. The highest BCUT2D eigenvalue weighted by molar-refractivity contribution is 5.35. The molecule has 23 heavy (non-hydrogen) atoms. The van der Waals surface area contributed by atoms with Gasteiger partial charge in [-0.25, -0.2) is 9.89 Å². The van der Waals surface area contributed by atoms with Crippen LogP contribution in [0.2, 0.25) is 0 Å². The van der Waals surface area contributed by atoms with Gasteiger partial charge in [0, 0.05) is 13.1 Å². The zero-order valence-electron chi connectivity index (χ0n) is 13.0. The summed E-state index contributed by atoms with van der Waals surface area (Å²) < 4.78 is 4.10. The first-order valence-electron chi connectivity index (χ1n) is 6.27. The maximum absolute atomic E-state index is 10.0. The minimum atomic E-state index is -0.502. The van der Waals surface area contributed by atoms with Gasteiger partial charge in [0.15, 0.2) is 5.82 Å². The largest absolute Gasteiger partial charge is 0.438 e. The summed E-state index contributed by atoms with van der Waals surface area (Å²) in [4.78, 5) is 17.9. The van der Waals surface area contributed by atoms with Gasteiger partial charge in [-0.2, -0.15) is 15.3 Å². The summed E-state index contributed by atoms with van der Waals surface area (Å²) in [5, 5.41) is 22.4. The van der Waals surface area contributed by atoms with Crippen LogP contribution >= 0.6 is 0 Å². The Labute approximate surface area is 130 Å². The van der Waals surface area contributed by atoms with Gasteiger partial charge in [-0.05, 0) is 20.8 Å². The van der Waals surface area contributed by atoms with E-state index in [0.29, 0.717) is 17.6 Å². The van der Waals surface area contributed by atoms with E-state index < -0.39 is 5.76 Å². The highest BCUT2D eigenvalue weighted by atomic mass is 16.5. The molecule has 3 aromatic rings. The Morgan fingerprint density at radius 1 is 1.35 bits per heavy atom. The Kier molecular flexibility index (Phi) is 7.21. The van der Waals surface area contributed by atoms with E-state index in [4.69, 9.17) is 0 Å². The van der Waals surface area contributed by atoms with Crippen molar-refractivity contribution >= 4 is 5.95 Å². The molecule has 12 heteroatoms. The van der Waals surface area contributed by atoms with Crippen LogP contribution in [0.25, 0.3) is 0 Å². The average molecular weight is 320 g/mol. The summed E-state index contributed by atoms with van der Waals surface area (Å²) in [7, 11) is 1.82. The third-order valence-electron chi connectivity index (χ3n) is 2.00. The highest BCUT2D eigenvalue weighted by Gasteiger charge is 1.96. The van der Waals surface area contributed by atoms with Crippen LogP contribution in [-0.4, -0.2) is 53.0 Å². The lowest BCUT2D eigenvalue weighted by Gasteiger charge is -2.02. The van der Waals surface area contributed by atoms with Crippen molar-refractivity contribution in [1.82, 2.24) is 45.9 Å². The molecule has 3 heterocycles. The summed E-state index contributed by atoms with van der Waals surface area (Å²) in [6, 6.07) is 2.80. The molecule has 122 valence electrons. The van der Waals surface area contributed by atoms with Crippen molar-refractivity contribution in [3.8, 4) is 12.0 Å². The van der Waals surface area contributed by atoms with Gasteiger partial charge in [-0.3, -0.25) is 14.4 Å². The van der Waals surface area contributed by atoms with Crippen LogP contribution in [0, 0.1) is 25.8 Å². The number of H-pyrrole nitrogens is 3. The van der Waals surface area contributed by atoms with Crippen LogP contribution in [-0.2, 0) is 0 Å². The monoisotopic (exact) mass is 320 g/mol. The molecule has 0 fully saturated rings. The highest BCUT2D eigenvalue weighted by Crippen LogP contribution is 1.97. The van der Waals surface area contributed by atoms with Crippen LogP contribution in [0.1, 0.15) is 18.6 Å². The number of aromatic amines is 3. The van der Waals surface area contributed by atoms with Crippen molar-refractivity contribution in [2.45, 2.75) is 20.8 Å². The van der Waals surface area contributed by atoms with Crippen molar-refractivity contribution in [2.24, 2.45) is 0 Å². The van der Waals surface area contributed by atoms with E-state index in [9.17, 15) is 4.79 Å². The lowest BCUT2D eigenvalue weighted by molar-refractivity contribution is 0.383. The van der Waals surface area contributed by atoms with Crippen molar-refractivity contribution < 1.29 is 4.52 Å². The fraction of sp³-hybridized carbons (Fsp3) is 0.364. The molecule has 0 atom stereocenters. The second-order valence-corrected chi connectivity index (χ2v) is 3.87. The van der Waals surface area contributed by atoms with E-state index in [1.807, 2.05) is 7.05 Å². The van der Waals surface area contributed by atoms with Crippen LogP contribution in [0.3, 0.4) is 0 Å². The maximum Gasteiger partial charge on any atom is 0.438 e. The number of hydrogen-bond acceptors (Lipinski definition) is 9. The quantitative estimate of drug-likeness (QED) is 0.393. The van der Waals surface area contributed by atoms with E-state index in [0.717, 1.165) is 0 Å². The first kappa shape index (κ1) is 17.6. The Morgan fingerprint density at radius 3 is 2.43 bits per heavy atom. The summed E-state index contributed by atoms with van der Waals surface area (Å²) in [6.45, 7) is 5.18. The Hall–Kier alpha value is -3.49. The van der Waals surface area contributed by atoms with Gasteiger partial charge in [0.05, 0.1) is 0 Å². The third kappa shape index (κ3) is 7.18. The second kappa shape index (κ2) is 9.45. The number of nitrogens with zero attached hydrogens (tertiary/aromatic N) is 7. The first-order valence-corrected chi connectivity index (χ1v) is 6.27. The molecular formula is C11H16N10O2. The summed E-state index contributed by atoms with van der Waals surface area (Å²) >= 11 is 0. The summed E-state index contributed by atoms with van der Waals surface area (Å²) in [5.74, 6) is 4.08. The number of nitrogens with one attached hydrogen (secondary N) is 3. The number of tetrazole rings is 1. The fourth-order valence-corrected chi connectivity index (χ4v) is 1.10. The zero-order valence-corrected chi connectivity index (χ0v) is 13.0. The van der Waals surface area contributed by atoms with Gasteiger partial charge in [0.1, 0.15) is 12.2 Å². The molecule has 3 N–H and O–H groups in total. The third-order valence-corrected chi connectivity index (χ3v) is 2.00. The van der Waals surface area contributed by atoms with Gasteiger partial charge < -0.3 is 0 Å². The molecule has 3 aromatic heterocycles. The van der Waals surface area contributed by atoms with Crippen LogP contribution < -0.4 is 10.7 Å². The van der Waals surface area contributed by atoms with Crippen molar-refractivity contribution in [3.63, 3.8) is 0 Å². The van der Waals surface area contributed by atoms with E-state index in [-0.39, 0.29) is 0 Å². The van der Waals surface area contributed by atoms with E-state index in [2.05, 4.69) is 62.4 Å². The molecular weight excluding hydrogens is 304 g/mol. The molecule has 0 amide bonds. The summed E-state index contributed by atoms with van der Waals surface area (Å²) in [6.07, 6.45) is 1.45. The predicted molar refractivity (Wildman–Crippen MR) is 79.0 cm³/mol. The van der Waals surface area contributed by atoms with Crippen LogP contribution in [0.5, 0.6) is 0 Å². The Morgan fingerprint density at radius 2 is 2.13 bits per heavy atom. The summed E-state index contributed by atoms with van der Waals surface area (Å²) in [5.41, 5.74) is 0. The minimum Gasteiger partial charge on any atom is -0.296 e. The van der Waals surface area contributed by atoms with Crippen LogP contribution in [0.4, 0.5) is 5.95 Å².